The Balaban J connectivity index is 1.38. The van der Waals surface area contributed by atoms with Crippen molar-refractivity contribution >= 4 is 58.0 Å². The molecule has 2 aliphatic rings. The molecular formula is C31H37BrFN8OP. The van der Waals surface area contributed by atoms with Gasteiger partial charge >= 0.3 is 0 Å². The molecule has 2 atom stereocenters. The number of benzene rings is 2. The molecule has 0 bridgehead atoms. The van der Waals surface area contributed by atoms with Crippen molar-refractivity contribution in [3.63, 3.8) is 0 Å². The minimum atomic E-state index is -0.945. The number of nitrogens with one attached hydrogen (secondary N) is 2. The van der Waals surface area contributed by atoms with Crippen LogP contribution in [0.5, 0.6) is 5.75 Å². The average Bonchev–Trinajstić information content (AvgIpc) is 3.27. The summed E-state index contributed by atoms with van der Waals surface area (Å²) in [5.41, 5.74) is 5.85. The van der Waals surface area contributed by atoms with Crippen molar-refractivity contribution in [1.82, 2.24) is 24.6 Å². The van der Waals surface area contributed by atoms with E-state index in [0.717, 1.165) is 57.7 Å². The zero-order valence-corrected chi connectivity index (χ0v) is 27.6. The Labute approximate surface area is 261 Å². The predicted octanol–water partition coefficient (Wildman–Crippen LogP) is 5.91. The molecule has 12 heteroatoms. The van der Waals surface area contributed by atoms with Gasteiger partial charge in [-0.3, -0.25) is 4.68 Å². The van der Waals surface area contributed by atoms with Crippen LogP contribution in [0.1, 0.15) is 12.1 Å². The number of fused-ring (bicyclic) bond motifs is 3. The maximum Gasteiger partial charge on any atom is 0.229 e. The van der Waals surface area contributed by atoms with Crippen molar-refractivity contribution in [2.45, 2.75) is 25.1 Å². The van der Waals surface area contributed by atoms with E-state index in [0.29, 0.717) is 30.6 Å². The van der Waals surface area contributed by atoms with E-state index >= 15 is 4.39 Å². The van der Waals surface area contributed by atoms with Gasteiger partial charge in [0.15, 0.2) is 0 Å². The van der Waals surface area contributed by atoms with Crippen LogP contribution >= 0.6 is 23.9 Å². The molecule has 0 aliphatic carbocycles. The summed E-state index contributed by atoms with van der Waals surface area (Å²) in [6.45, 7) is 6.47. The Morgan fingerprint density at radius 2 is 1.86 bits per heavy atom. The van der Waals surface area contributed by atoms with Crippen LogP contribution in [0.2, 0.25) is 0 Å². The first-order valence-corrected chi connectivity index (χ1v) is 17.4. The Morgan fingerprint density at radius 1 is 1.05 bits per heavy atom. The molecule has 43 heavy (non-hydrogen) atoms. The molecule has 0 saturated carbocycles. The molecule has 4 aromatic rings. The molecule has 2 unspecified atom stereocenters. The van der Waals surface area contributed by atoms with Crippen LogP contribution in [0.25, 0.3) is 11.1 Å². The number of hydrogen-bond donors (Lipinski definition) is 2. The molecule has 4 heterocycles. The van der Waals surface area contributed by atoms with Gasteiger partial charge < -0.3 is 25.2 Å². The van der Waals surface area contributed by atoms with Crippen LogP contribution in [0, 0.1) is 0 Å². The lowest BCUT2D eigenvalue weighted by Gasteiger charge is -2.41. The monoisotopic (exact) mass is 666 g/mol. The van der Waals surface area contributed by atoms with E-state index in [9.17, 15) is 0 Å². The lowest BCUT2D eigenvalue weighted by Crippen LogP contribution is -2.52. The lowest BCUT2D eigenvalue weighted by atomic mass is 9.98. The van der Waals surface area contributed by atoms with E-state index in [1.165, 1.54) is 5.30 Å². The normalized spacial score (nSPS) is 18.7. The van der Waals surface area contributed by atoms with Gasteiger partial charge in [0.2, 0.25) is 5.95 Å². The number of hydrogen-bond acceptors (Lipinski definition) is 8. The second-order valence-corrected chi connectivity index (χ2v) is 14.5. The summed E-state index contributed by atoms with van der Waals surface area (Å²) in [6.07, 6.45) is 4.23. The number of halogens is 2. The summed E-state index contributed by atoms with van der Waals surface area (Å²) < 4.78 is 24.1. The van der Waals surface area contributed by atoms with Crippen LogP contribution in [-0.4, -0.2) is 84.0 Å². The van der Waals surface area contributed by atoms with Gasteiger partial charge in [-0.2, -0.15) is 10.1 Å². The van der Waals surface area contributed by atoms with Crippen LogP contribution in [-0.2, 0) is 13.5 Å². The Hall–Kier alpha value is -3.27. The van der Waals surface area contributed by atoms with Gasteiger partial charge in [-0.15, -0.1) is 0 Å². The number of aryl methyl sites for hydroxylation is 1. The van der Waals surface area contributed by atoms with Crippen LogP contribution in [0.4, 0.5) is 33.2 Å². The first-order valence-electron chi connectivity index (χ1n) is 14.4. The summed E-state index contributed by atoms with van der Waals surface area (Å²) >= 11 is 3.61. The summed E-state index contributed by atoms with van der Waals surface area (Å²) in [4.78, 5) is 13.7. The van der Waals surface area contributed by atoms with Gasteiger partial charge in [0, 0.05) is 73.6 Å². The highest BCUT2D eigenvalue weighted by molar-refractivity contribution is 9.10. The predicted molar refractivity (Wildman–Crippen MR) is 178 cm³/mol. The first-order chi connectivity index (χ1) is 20.7. The van der Waals surface area contributed by atoms with E-state index in [2.05, 4.69) is 84.0 Å². The van der Waals surface area contributed by atoms with Crippen molar-refractivity contribution in [2.75, 3.05) is 62.7 Å². The van der Waals surface area contributed by atoms with Crippen LogP contribution in [0.3, 0.4) is 0 Å². The third kappa shape index (κ3) is 5.95. The number of ether oxygens (including phenoxy) is 1. The molecule has 2 aromatic carbocycles. The summed E-state index contributed by atoms with van der Waals surface area (Å²) in [7, 11) is 5.29. The third-order valence-electron chi connectivity index (χ3n) is 8.31. The molecule has 2 aromatic heterocycles. The highest BCUT2D eigenvalue weighted by atomic mass is 79.9. The zero-order valence-electron chi connectivity index (χ0n) is 25.1. The van der Waals surface area contributed by atoms with Gasteiger partial charge in [0.05, 0.1) is 29.5 Å². The fourth-order valence-corrected chi connectivity index (χ4v) is 7.38. The molecule has 0 amide bonds. The zero-order chi connectivity index (χ0) is 30.2. The van der Waals surface area contributed by atoms with E-state index in [1.54, 1.807) is 13.3 Å². The highest BCUT2D eigenvalue weighted by Crippen LogP contribution is 2.45. The minimum Gasteiger partial charge on any atom is -0.494 e. The molecule has 9 nitrogen and oxygen atoms in total. The average molecular weight is 668 g/mol. The molecule has 1 saturated heterocycles. The highest BCUT2D eigenvalue weighted by Gasteiger charge is 2.36. The first kappa shape index (κ1) is 29.8. The van der Waals surface area contributed by atoms with Crippen molar-refractivity contribution in [3.05, 3.63) is 59.0 Å². The SMILES string of the molecule is COc1cc2c(cc1Nc1ncc(Br)c(Nc3ccccc3P(C)C)n1)-c1cnn(C)c1CCN2C1CCN(C)CC1F. The van der Waals surface area contributed by atoms with Crippen molar-refractivity contribution in [1.29, 1.82) is 0 Å². The Kier molecular flexibility index (Phi) is 8.58. The molecule has 6 rings (SSSR count). The summed E-state index contributed by atoms with van der Waals surface area (Å²) in [5, 5.41) is 12.7. The maximum atomic E-state index is 15.5. The number of methoxy groups -OCH3 is 1. The molecule has 2 N–H and O–H groups in total. The number of para-hydroxylation sites is 1. The van der Waals surface area contributed by atoms with Gasteiger partial charge in [0.25, 0.3) is 0 Å². The summed E-state index contributed by atoms with van der Waals surface area (Å²) in [5.74, 6) is 1.72. The van der Waals surface area contributed by atoms with Gasteiger partial charge in [-0.05, 0) is 60.2 Å². The topological polar surface area (TPSA) is 83.4 Å². The smallest absolute Gasteiger partial charge is 0.229 e. The number of likely N-dealkylation sites (tertiary alicyclic amines) is 1. The minimum absolute atomic E-state index is 0.209. The molecule has 0 radical (unpaired) electrons. The van der Waals surface area contributed by atoms with Crippen molar-refractivity contribution in [2.24, 2.45) is 7.05 Å². The fraction of sp³-hybridized carbons (Fsp3) is 0.387. The van der Waals surface area contributed by atoms with Crippen LogP contribution < -0.4 is 25.6 Å². The Morgan fingerprint density at radius 3 is 2.63 bits per heavy atom. The second-order valence-electron chi connectivity index (χ2n) is 11.3. The van der Waals surface area contributed by atoms with E-state index in [1.807, 2.05) is 37.1 Å². The Bertz CT molecular complexity index is 1630. The molecule has 0 spiro atoms. The van der Waals surface area contributed by atoms with E-state index in [4.69, 9.17) is 9.72 Å². The largest absolute Gasteiger partial charge is 0.494 e. The molecule has 226 valence electrons. The quantitative estimate of drug-likeness (QED) is 0.236. The number of aromatic nitrogens is 4. The van der Waals surface area contributed by atoms with E-state index < -0.39 is 6.17 Å². The summed E-state index contributed by atoms with van der Waals surface area (Å²) in [6, 6.07) is 12.2. The van der Waals surface area contributed by atoms with Crippen LogP contribution in [0.15, 0.2) is 53.3 Å². The standard InChI is InChI=1S/C31H37BrFN8OP/c1-39-12-10-26(22(33)18-39)41-13-11-25-20(16-35-40(25)2)19-14-24(28(42-3)15-27(19)41)37-31-34-17-21(32)30(38-31)36-23-8-6-7-9-29(23)43(4)5/h6-9,14-17,22,26H,10-13,18H2,1-5H3,(H2,34,36,37,38). The lowest BCUT2D eigenvalue weighted by molar-refractivity contribution is 0.136. The molecule has 1 fully saturated rings. The van der Waals surface area contributed by atoms with Crippen molar-refractivity contribution in [3.8, 4) is 16.9 Å². The fourth-order valence-electron chi connectivity index (χ4n) is 6.09. The maximum absolute atomic E-state index is 15.5. The third-order valence-corrected chi connectivity index (χ3v) is 10.2. The number of rotatable bonds is 7. The van der Waals surface area contributed by atoms with Gasteiger partial charge in [-0.1, -0.05) is 26.1 Å². The van der Waals surface area contributed by atoms with Gasteiger partial charge in [0.1, 0.15) is 17.7 Å². The number of nitrogens with zero attached hydrogens (tertiary/aromatic N) is 6. The number of piperidine rings is 1. The molecule has 2 aliphatic heterocycles. The van der Waals surface area contributed by atoms with Crippen molar-refractivity contribution < 1.29 is 9.13 Å². The number of alkyl halides is 1. The van der Waals surface area contributed by atoms with Gasteiger partial charge in [-0.25, -0.2) is 9.37 Å². The van der Waals surface area contributed by atoms with E-state index in [-0.39, 0.29) is 14.0 Å². The molecular weight excluding hydrogens is 630 g/mol. The number of anilines is 5. The second kappa shape index (κ2) is 12.4.